The standard InChI is InChI=1S/C16H24N2O3/c1-13(15-7-10-21-12-15)17-16(20)18(8-9-19)11-14-5-3-2-4-6-14/h2-6,13,15,19H,7-12H2,1H3,(H,17,20). The summed E-state index contributed by atoms with van der Waals surface area (Å²) < 4.78 is 5.36. The lowest BCUT2D eigenvalue weighted by Gasteiger charge is -2.26. The second-order valence-electron chi connectivity index (χ2n) is 5.49. The van der Waals surface area contributed by atoms with Gasteiger partial charge in [-0.2, -0.15) is 0 Å². The third kappa shape index (κ3) is 4.72. The van der Waals surface area contributed by atoms with Gasteiger partial charge in [0.1, 0.15) is 0 Å². The molecule has 5 heteroatoms. The molecule has 1 heterocycles. The normalized spacial score (nSPS) is 19.2. The Bertz CT molecular complexity index is 432. The van der Waals surface area contributed by atoms with Crippen molar-refractivity contribution >= 4 is 6.03 Å². The number of aliphatic hydroxyl groups is 1. The molecular formula is C16H24N2O3. The lowest BCUT2D eigenvalue weighted by molar-refractivity contribution is 0.160. The average molecular weight is 292 g/mol. The molecule has 1 saturated heterocycles. The maximum atomic E-state index is 12.4. The molecule has 1 aromatic rings. The third-order valence-electron chi connectivity index (χ3n) is 3.90. The van der Waals surface area contributed by atoms with Crippen LogP contribution in [-0.4, -0.2) is 48.4 Å². The third-order valence-corrected chi connectivity index (χ3v) is 3.90. The van der Waals surface area contributed by atoms with Crippen LogP contribution >= 0.6 is 0 Å². The minimum atomic E-state index is -0.132. The van der Waals surface area contributed by atoms with Crippen LogP contribution in [0.15, 0.2) is 30.3 Å². The number of rotatable bonds is 6. The fraction of sp³-hybridized carbons (Fsp3) is 0.562. The highest BCUT2D eigenvalue weighted by molar-refractivity contribution is 5.74. The number of ether oxygens (including phenoxy) is 1. The molecule has 5 nitrogen and oxygen atoms in total. The summed E-state index contributed by atoms with van der Waals surface area (Å²) in [6.07, 6.45) is 0.986. The maximum Gasteiger partial charge on any atom is 0.317 e. The van der Waals surface area contributed by atoms with E-state index in [1.54, 1.807) is 4.90 Å². The molecule has 1 aliphatic heterocycles. The van der Waals surface area contributed by atoms with E-state index in [4.69, 9.17) is 9.84 Å². The summed E-state index contributed by atoms with van der Waals surface area (Å²) in [6, 6.07) is 9.75. The van der Waals surface area contributed by atoms with E-state index in [2.05, 4.69) is 5.32 Å². The van der Waals surface area contributed by atoms with E-state index in [1.807, 2.05) is 37.3 Å². The Morgan fingerprint density at radius 2 is 2.24 bits per heavy atom. The first-order valence-corrected chi connectivity index (χ1v) is 7.48. The number of nitrogens with zero attached hydrogens (tertiary/aromatic N) is 1. The van der Waals surface area contributed by atoms with Crippen molar-refractivity contribution in [2.75, 3.05) is 26.4 Å². The highest BCUT2D eigenvalue weighted by atomic mass is 16.5. The number of urea groups is 1. The van der Waals surface area contributed by atoms with E-state index >= 15 is 0 Å². The molecule has 1 aromatic carbocycles. The van der Waals surface area contributed by atoms with Crippen LogP contribution in [0.3, 0.4) is 0 Å². The van der Waals surface area contributed by atoms with E-state index in [1.165, 1.54) is 0 Å². The molecule has 0 radical (unpaired) electrons. The van der Waals surface area contributed by atoms with E-state index in [-0.39, 0.29) is 18.7 Å². The van der Waals surface area contributed by atoms with Crippen LogP contribution < -0.4 is 5.32 Å². The summed E-state index contributed by atoms with van der Waals surface area (Å²) in [5.74, 6) is 0.377. The molecule has 0 aliphatic carbocycles. The van der Waals surface area contributed by atoms with Gasteiger partial charge in [0.15, 0.2) is 0 Å². The van der Waals surface area contributed by atoms with Gasteiger partial charge in [0.2, 0.25) is 0 Å². The van der Waals surface area contributed by atoms with Gasteiger partial charge in [-0.05, 0) is 18.9 Å². The fourth-order valence-corrected chi connectivity index (χ4v) is 2.53. The lowest BCUT2D eigenvalue weighted by Crippen LogP contribution is -2.47. The highest BCUT2D eigenvalue weighted by Crippen LogP contribution is 2.16. The molecule has 2 unspecified atom stereocenters. The van der Waals surface area contributed by atoms with Crippen LogP contribution in [0.4, 0.5) is 4.79 Å². The highest BCUT2D eigenvalue weighted by Gasteiger charge is 2.25. The van der Waals surface area contributed by atoms with Crippen molar-refractivity contribution in [3.05, 3.63) is 35.9 Å². The summed E-state index contributed by atoms with van der Waals surface area (Å²) in [5, 5.41) is 12.2. The molecule has 0 saturated carbocycles. The van der Waals surface area contributed by atoms with Crippen LogP contribution in [0.2, 0.25) is 0 Å². The quantitative estimate of drug-likeness (QED) is 0.837. The Balaban J connectivity index is 1.91. The molecule has 0 aromatic heterocycles. The Labute approximate surface area is 125 Å². The number of amides is 2. The average Bonchev–Trinajstić information content (AvgIpc) is 3.02. The van der Waals surface area contributed by atoms with Gasteiger partial charge in [-0.3, -0.25) is 0 Å². The number of hydrogen-bond donors (Lipinski definition) is 2. The Morgan fingerprint density at radius 3 is 2.86 bits per heavy atom. The van der Waals surface area contributed by atoms with Gasteiger partial charge >= 0.3 is 6.03 Å². The molecule has 2 N–H and O–H groups in total. The van der Waals surface area contributed by atoms with Crippen molar-refractivity contribution in [3.63, 3.8) is 0 Å². The first-order chi connectivity index (χ1) is 10.2. The van der Waals surface area contributed by atoms with E-state index in [9.17, 15) is 4.79 Å². The van der Waals surface area contributed by atoms with Crippen molar-refractivity contribution < 1.29 is 14.6 Å². The fourth-order valence-electron chi connectivity index (χ4n) is 2.53. The molecule has 116 valence electrons. The molecule has 1 fully saturated rings. The van der Waals surface area contributed by atoms with Gasteiger partial charge in [0, 0.05) is 31.7 Å². The molecule has 1 aliphatic rings. The molecule has 0 spiro atoms. The van der Waals surface area contributed by atoms with Crippen LogP contribution in [0, 0.1) is 5.92 Å². The van der Waals surface area contributed by atoms with Gasteiger partial charge in [-0.15, -0.1) is 0 Å². The van der Waals surface area contributed by atoms with Crippen molar-refractivity contribution in [3.8, 4) is 0 Å². The summed E-state index contributed by atoms with van der Waals surface area (Å²) in [7, 11) is 0. The number of nitrogens with one attached hydrogen (secondary N) is 1. The van der Waals surface area contributed by atoms with Gasteiger partial charge in [0.25, 0.3) is 0 Å². The van der Waals surface area contributed by atoms with E-state index < -0.39 is 0 Å². The van der Waals surface area contributed by atoms with Crippen molar-refractivity contribution in [1.29, 1.82) is 0 Å². The van der Waals surface area contributed by atoms with Crippen LogP contribution in [0.5, 0.6) is 0 Å². The summed E-state index contributed by atoms with van der Waals surface area (Å²) in [4.78, 5) is 14.0. The number of benzene rings is 1. The Morgan fingerprint density at radius 1 is 1.48 bits per heavy atom. The van der Waals surface area contributed by atoms with Gasteiger partial charge < -0.3 is 20.1 Å². The molecule has 2 atom stereocenters. The zero-order valence-electron chi connectivity index (χ0n) is 12.5. The van der Waals surface area contributed by atoms with Crippen molar-refractivity contribution in [2.24, 2.45) is 5.92 Å². The zero-order chi connectivity index (χ0) is 15.1. The number of hydrogen-bond acceptors (Lipinski definition) is 3. The molecule has 2 amide bonds. The summed E-state index contributed by atoms with van der Waals surface area (Å²) in [6.45, 7) is 4.28. The summed E-state index contributed by atoms with van der Waals surface area (Å²) >= 11 is 0. The van der Waals surface area contributed by atoms with Gasteiger partial charge in [-0.25, -0.2) is 4.79 Å². The zero-order valence-corrected chi connectivity index (χ0v) is 12.5. The summed E-state index contributed by atoms with van der Waals surface area (Å²) in [5.41, 5.74) is 1.05. The number of carbonyl (C=O) groups excluding carboxylic acids is 1. The second kappa shape index (κ2) is 8.00. The number of aliphatic hydroxyl groups excluding tert-OH is 1. The molecular weight excluding hydrogens is 268 g/mol. The van der Waals surface area contributed by atoms with E-state index in [0.717, 1.165) is 18.6 Å². The first-order valence-electron chi connectivity index (χ1n) is 7.48. The van der Waals surface area contributed by atoms with Crippen LogP contribution in [0.25, 0.3) is 0 Å². The Hall–Kier alpha value is -1.59. The van der Waals surface area contributed by atoms with Gasteiger partial charge in [0.05, 0.1) is 13.2 Å². The topological polar surface area (TPSA) is 61.8 Å². The second-order valence-corrected chi connectivity index (χ2v) is 5.49. The largest absolute Gasteiger partial charge is 0.395 e. The monoisotopic (exact) mass is 292 g/mol. The minimum absolute atomic E-state index is 0.0405. The SMILES string of the molecule is CC(NC(=O)N(CCO)Cc1ccccc1)C1CCOC1. The maximum absolute atomic E-state index is 12.4. The predicted molar refractivity (Wildman–Crippen MR) is 80.9 cm³/mol. The van der Waals surface area contributed by atoms with E-state index in [0.29, 0.717) is 25.6 Å². The van der Waals surface area contributed by atoms with Crippen LogP contribution in [-0.2, 0) is 11.3 Å². The molecule has 2 rings (SSSR count). The van der Waals surface area contributed by atoms with Gasteiger partial charge in [-0.1, -0.05) is 30.3 Å². The minimum Gasteiger partial charge on any atom is -0.395 e. The Kier molecular flexibility index (Phi) is 6.02. The van der Waals surface area contributed by atoms with Crippen molar-refractivity contribution in [1.82, 2.24) is 10.2 Å². The van der Waals surface area contributed by atoms with Crippen LogP contribution in [0.1, 0.15) is 18.9 Å². The number of carbonyl (C=O) groups is 1. The lowest BCUT2D eigenvalue weighted by atomic mass is 10.0. The molecule has 0 bridgehead atoms. The smallest absolute Gasteiger partial charge is 0.317 e. The van der Waals surface area contributed by atoms with Crippen molar-refractivity contribution in [2.45, 2.75) is 25.9 Å². The molecule has 21 heavy (non-hydrogen) atoms. The predicted octanol–water partition coefficient (Wildman–Crippen LogP) is 1.62. The first kappa shape index (κ1) is 15.8.